The average molecular weight is 190 g/mol. The minimum absolute atomic E-state index is 0.887. The molecule has 0 aromatic carbocycles. The van der Waals surface area contributed by atoms with Crippen LogP contribution in [0.2, 0.25) is 0 Å². The molecule has 0 bridgehead atoms. The molecule has 3 N–H and O–H groups in total. The molecule has 1 aromatic heterocycles. The summed E-state index contributed by atoms with van der Waals surface area (Å²) >= 11 is 0. The van der Waals surface area contributed by atoms with Crippen molar-refractivity contribution in [1.82, 2.24) is 4.98 Å². The lowest BCUT2D eigenvalue weighted by Crippen LogP contribution is -2.32. The maximum Gasteiger partial charge on any atom is 0.488 e. The van der Waals surface area contributed by atoms with Gasteiger partial charge in [0.2, 0.25) is 0 Å². The Morgan fingerprint density at radius 2 is 2.31 bits per heavy atom. The van der Waals surface area contributed by atoms with Crippen molar-refractivity contribution in [1.29, 1.82) is 0 Å². The molecule has 70 valence electrons. The van der Waals surface area contributed by atoms with Gasteiger partial charge in [0.15, 0.2) is 0 Å². The fourth-order valence-corrected chi connectivity index (χ4v) is 0.631. The molecule has 1 heterocycles. The van der Waals surface area contributed by atoms with Gasteiger partial charge in [-0.3, -0.25) is 4.98 Å². The number of aliphatic hydroxyl groups is 1. The normalized spacial score (nSPS) is 23.5. The van der Waals surface area contributed by atoms with E-state index in [1.165, 1.54) is 0 Å². The van der Waals surface area contributed by atoms with E-state index >= 15 is 0 Å². The van der Waals surface area contributed by atoms with Crippen molar-refractivity contribution in [2.24, 2.45) is 0 Å². The Kier molecular flexibility index (Phi) is 0.889. The van der Waals surface area contributed by atoms with Gasteiger partial charge in [-0.1, -0.05) is 0 Å². The molecule has 13 heavy (non-hydrogen) atoms. The fraction of sp³-hybridized carbons (Fsp3) is 0.375. The van der Waals surface area contributed by atoms with Crippen LogP contribution in [0.3, 0.4) is 0 Å². The van der Waals surface area contributed by atoms with E-state index in [2.05, 4.69) is 4.98 Å². The summed E-state index contributed by atoms with van der Waals surface area (Å²) in [6.07, 6.45) is -0.999. The minimum atomic E-state index is -3.61. The van der Waals surface area contributed by atoms with Crippen molar-refractivity contribution in [3.8, 4) is 0 Å². The summed E-state index contributed by atoms with van der Waals surface area (Å²) in [7, 11) is -2.44. The van der Waals surface area contributed by atoms with Crippen LogP contribution in [0.25, 0.3) is 0 Å². The smallest absolute Gasteiger partial charge is 0.423 e. The number of nitrogens with zero attached hydrogens (tertiary/aromatic N) is 1. The van der Waals surface area contributed by atoms with Gasteiger partial charge < -0.3 is 15.2 Å². The maximum atomic E-state index is 10.2. The lowest BCUT2D eigenvalue weighted by atomic mass is 9.80. The Morgan fingerprint density at radius 3 is 2.85 bits per heavy atom. The molecule has 1 aromatic rings. The number of pyridine rings is 1. The topological polar surface area (TPSA) is 73.6 Å². The van der Waals surface area contributed by atoms with E-state index < -0.39 is 55.8 Å². The Hall–Kier alpha value is -0.905. The van der Waals surface area contributed by atoms with Crippen molar-refractivity contribution in [2.45, 2.75) is 19.3 Å². The van der Waals surface area contributed by atoms with Crippen LogP contribution in [-0.2, 0) is 5.60 Å². The standard InChI is InChI=1S/C8H12BNO3/c1-8(2,11)7-5-6(9(12)13)3-4-10-7/h3-5,11-13H,1-2H3/i1D3,2D3,3D,4D,5D. The molecule has 0 unspecified atom stereocenters. The molecule has 0 fully saturated rings. The first-order valence-corrected chi connectivity index (χ1v) is 3.23. The van der Waals surface area contributed by atoms with Gasteiger partial charge in [0, 0.05) is 14.4 Å². The molecule has 0 aliphatic heterocycles. The zero-order chi connectivity index (χ0) is 17.7. The summed E-state index contributed by atoms with van der Waals surface area (Å²) < 4.78 is 66.0. The summed E-state index contributed by atoms with van der Waals surface area (Å²) in [6, 6.07) is -2.02. The van der Waals surface area contributed by atoms with Gasteiger partial charge in [-0.15, -0.1) is 0 Å². The number of hydrogen-bond donors (Lipinski definition) is 3. The maximum absolute atomic E-state index is 10.2. The van der Waals surface area contributed by atoms with Crippen LogP contribution in [0.1, 0.15) is 31.7 Å². The number of rotatable bonds is 2. The second-order valence-electron chi connectivity index (χ2n) is 2.32. The third kappa shape index (κ3) is 2.52. The van der Waals surface area contributed by atoms with Crippen LogP contribution < -0.4 is 5.46 Å². The summed E-state index contributed by atoms with van der Waals surface area (Å²) in [5.74, 6) is 0. The quantitative estimate of drug-likeness (QED) is 0.522. The Labute approximate surface area is 89.7 Å². The van der Waals surface area contributed by atoms with Gasteiger partial charge in [-0.25, -0.2) is 0 Å². The van der Waals surface area contributed by atoms with Crippen LogP contribution >= 0.6 is 0 Å². The van der Waals surface area contributed by atoms with Crippen molar-refractivity contribution >= 4 is 12.6 Å². The molecular weight excluding hydrogens is 169 g/mol. The fourth-order valence-electron chi connectivity index (χ4n) is 0.631. The van der Waals surface area contributed by atoms with Gasteiger partial charge in [-0.2, -0.15) is 0 Å². The van der Waals surface area contributed by atoms with Crippen LogP contribution in [0.15, 0.2) is 18.3 Å². The molecule has 0 saturated heterocycles. The third-order valence-electron chi connectivity index (χ3n) is 1.21. The average Bonchev–Trinajstić information content (AvgIpc) is 2.29. The van der Waals surface area contributed by atoms with E-state index in [0.717, 1.165) is 0 Å². The summed E-state index contributed by atoms with van der Waals surface area (Å²) in [5, 5.41) is 28.5. The minimum Gasteiger partial charge on any atom is -0.423 e. The molecule has 1 rings (SSSR count). The molecule has 0 spiro atoms. The molecule has 0 saturated carbocycles. The molecule has 0 aliphatic carbocycles. The number of hydrogen-bond acceptors (Lipinski definition) is 4. The van der Waals surface area contributed by atoms with E-state index in [0.29, 0.717) is 0 Å². The highest BCUT2D eigenvalue weighted by Crippen LogP contribution is 2.14. The van der Waals surface area contributed by atoms with Gasteiger partial charge in [0.05, 0.1) is 9.81 Å². The second-order valence-corrected chi connectivity index (χ2v) is 2.32. The monoisotopic (exact) mass is 190 g/mol. The molecule has 0 atom stereocenters. The predicted octanol–water partition coefficient (Wildman–Crippen LogP) is -1.01. The van der Waals surface area contributed by atoms with Crippen molar-refractivity contribution in [3.05, 3.63) is 24.0 Å². The molecule has 5 heteroatoms. The summed E-state index contributed by atoms with van der Waals surface area (Å²) in [5.41, 5.74) is -5.76. The van der Waals surface area contributed by atoms with E-state index in [1.807, 2.05) is 0 Å². The predicted molar refractivity (Wildman–Crippen MR) is 49.3 cm³/mol. The van der Waals surface area contributed by atoms with Crippen LogP contribution in [0, 0.1) is 0 Å². The van der Waals surface area contributed by atoms with Gasteiger partial charge in [0.1, 0.15) is 5.60 Å². The summed E-state index contributed by atoms with van der Waals surface area (Å²) in [6.45, 7) is -7.09. The molecule has 0 amide bonds. The Bertz CT molecular complexity index is 572. The molecule has 0 radical (unpaired) electrons. The highest BCUT2D eigenvalue weighted by molar-refractivity contribution is 6.58. The first kappa shape index (κ1) is 3.35. The van der Waals surface area contributed by atoms with Gasteiger partial charge in [-0.05, 0) is 31.3 Å². The third-order valence-corrected chi connectivity index (χ3v) is 1.21. The number of aromatic nitrogens is 1. The molecule has 4 nitrogen and oxygen atoms in total. The van der Waals surface area contributed by atoms with Crippen LogP contribution in [0.5, 0.6) is 0 Å². The first-order chi connectivity index (χ1) is 9.66. The lowest BCUT2D eigenvalue weighted by molar-refractivity contribution is 0.0739. The molecule has 0 aliphatic rings. The van der Waals surface area contributed by atoms with E-state index in [1.54, 1.807) is 0 Å². The molecular formula is C8H12BNO3. The van der Waals surface area contributed by atoms with Gasteiger partial charge >= 0.3 is 7.12 Å². The Morgan fingerprint density at radius 1 is 1.62 bits per heavy atom. The first-order valence-electron chi connectivity index (χ1n) is 7.73. The zero-order valence-corrected chi connectivity index (χ0v) is 6.37. The van der Waals surface area contributed by atoms with Crippen LogP contribution in [0.4, 0.5) is 0 Å². The van der Waals surface area contributed by atoms with Gasteiger partial charge in [0.25, 0.3) is 0 Å². The summed E-state index contributed by atoms with van der Waals surface area (Å²) in [4.78, 5) is 3.22. The second kappa shape index (κ2) is 3.45. The van der Waals surface area contributed by atoms with Crippen LogP contribution in [-0.4, -0.2) is 27.3 Å². The zero-order valence-electron chi connectivity index (χ0n) is 15.4. The lowest BCUT2D eigenvalue weighted by Gasteiger charge is -2.16. The highest BCUT2D eigenvalue weighted by Gasteiger charge is 2.20. The SMILES string of the molecule is [2H]c1nc(C(O)(C([2H])([2H])[2H])C([2H])([2H])[2H])c([2H])c(B(O)O)c1[2H]. The largest absolute Gasteiger partial charge is 0.488 e. The van der Waals surface area contributed by atoms with Crippen molar-refractivity contribution < 1.29 is 27.5 Å². The highest BCUT2D eigenvalue weighted by atomic mass is 16.4. The van der Waals surface area contributed by atoms with Crippen molar-refractivity contribution in [3.63, 3.8) is 0 Å². The van der Waals surface area contributed by atoms with E-state index in [-0.39, 0.29) is 0 Å². The van der Waals surface area contributed by atoms with Crippen molar-refractivity contribution in [2.75, 3.05) is 0 Å². The Balaban J connectivity index is 3.88. The van der Waals surface area contributed by atoms with E-state index in [9.17, 15) is 5.11 Å². The van der Waals surface area contributed by atoms with E-state index in [4.69, 9.17) is 22.4 Å².